The minimum absolute atomic E-state index is 0.136. The Balaban J connectivity index is 2.28. The van der Waals surface area contributed by atoms with Crippen LogP contribution in [0, 0.1) is 11.8 Å². The first kappa shape index (κ1) is 16.8. The average Bonchev–Trinajstić information content (AvgIpc) is 2.38. The summed E-state index contributed by atoms with van der Waals surface area (Å²) in [5, 5.41) is 13.1. The predicted molar refractivity (Wildman–Crippen MR) is 87.4 cm³/mol. The molecule has 20 heavy (non-hydrogen) atoms. The van der Waals surface area contributed by atoms with Gasteiger partial charge in [0, 0.05) is 12.2 Å². The zero-order valence-corrected chi connectivity index (χ0v) is 13.1. The first-order valence-corrected chi connectivity index (χ1v) is 7.58. The summed E-state index contributed by atoms with van der Waals surface area (Å²) in [6, 6.07) is 0. The van der Waals surface area contributed by atoms with E-state index in [0.29, 0.717) is 11.8 Å². The van der Waals surface area contributed by atoms with Crippen molar-refractivity contribution < 1.29 is 5.11 Å². The van der Waals surface area contributed by atoms with Gasteiger partial charge in [-0.25, -0.2) is 0 Å². The molecule has 0 amide bonds. The van der Waals surface area contributed by atoms with E-state index in [1.807, 2.05) is 12.2 Å². The van der Waals surface area contributed by atoms with Gasteiger partial charge in [0.05, 0.1) is 6.10 Å². The van der Waals surface area contributed by atoms with Gasteiger partial charge in [0.25, 0.3) is 0 Å². The second-order valence-electron chi connectivity index (χ2n) is 6.05. The molecule has 0 aromatic carbocycles. The molecule has 0 bridgehead atoms. The number of nitrogens with one attached hydrogen (secondary N) is 1. The first-order chi connectivity index (χ1) is 9.49. The van der Waals surface area contributed by atoms with Crippen LogP contribution in [0.25, 0.3) is 0 Å². The second kappa shape index (κ2) is 8.80. The maximum absolute atomic E-state index is 9.85. The number of hydrogen-bond donors (Lipinski definition) is 2. The Morgan fingerprint density at radius 2 is 2.05 bits per heavy atom. The average molecular weight is 275 g/mol. The molecular weight excluding hydrogens is 246 g/mol. The van der Waals surface area contributed by atoms with E-state index in [-0.39, 0.29) is 6.10 Å². The van der Waals surface area contributed by atoms with E-state index >= 15 is 0 Å². The Morgan fingerprint density at radius 1 is 1.30 bits per heavy atom. The van der Waals surface area contributed by atoms with Crippen molar-refractivity contribution in [1.29, 1.82) is 0 Å². The fourth-order valence-corrected chi connectivity index (χ4v) is 2.34. The van der Waals surface area contributed by atoms with Crippen molar-refractivity contribution in [3.63, 3.8) is 0 Å². The zero-order chi connectivity index (χ0) is 15.0. The molecule has 3 atom stereocenters. The molecule has 0 aliphatic heterocycles. The fraction of sp³-hybridized carbons (Fsp3) is 0.556. The summed E-state index contributed by atoms with van der Waals surface area (Å²) < 4.78 is 0. The van der Waals surface area contributed by atoms with E-state index < -0.39 is 0 Å². The molecular formula is C18H29NO. The molecule has 1 rings (SSSR count). The van der Waals surface area contributed by atoms with Crippen molar-refractivity contribution in [1.82, 2.24) is 5.32 Å². The predicted octanol–water partition coefficient (Wildman–Crippen LogP) is 3.97. The molecule has 2 heteroatoms. The SMILES string of the molecule is C=C(/C=C/C=C/C1CCC(C)C(O)C1)NCC=C(C)C. The summed E-state index contributed by atoms with van der Waals surface area (Å²) in [6.07, 6.45) is 13.5. The molecule has 1 fully saturated rings. The Labute approximate surface area is 124 Å². The minimum Gasteiger partial charge on any atom is -0.393 e. The van der Waals surface area contributed by atoms with E-state index in [1.54, 1.807) is 0 Å². The highest BCUT2D eigenvalue weighted by atomic mass is 16.3. The summed E-state index contributed by atoms with van der Waals surface area (Å²) in [7, 11) is 0. The van der Waals surface area contributed by atoms with Gasteiger partial charge >= 0.3 is 0 Å². The molecule has 2 nitrogen and oxygen atoms in total. The molecule has 0 heterocycles. The van der Waals surface area contributed by atoms with Gasteiger partial charge in [0.15, 0.2) is 0 Å². The quantitative estimate of drug-likeness (QED) is 0.568. The van der Waals surface area contributed by atoms with Crippen LogP contribution in [0.5, 0.6) is 0 Å². The van der Waals surface area contributed by atoms with Crippen LogP contribution in [-0.2, 0) is 0 Å². The molecule has 0 spiro atoms. The van der Waals surface area contributed by atoms with Crippen LogP contribution in [0.2, 0.25) is 0 Å². The monoisotopic (exact) mass is 275 g/mol. The highest BCUT2D eigenvalue weighted by Crippen LogP contribution is 2.29. The minimum atomic E-state index is -0.136. The first-order valence-electron chi connectivity index (χ1n) is 7.58. The summed E-state index contributed by atoms with van der Waals surface area (Å²) in [5.41, 5.74) is 2.23. The van der Waals surface area contributed by atoms with E-state index in [4.69, 9.17) is 0 Å². The molecule has 1 saturated carbocycles. The molecule has 112 valence electrons. The van der Waals surface area contributed by atoms with Crippen LogP contribution < -0.4 is 5.32 Å². The largest absolute Gasteiger partial charge is 0.393 e. The van der Waals surface area contributed by atoms with Gasteiger partial charge < -0.3 is 10.4 Å². The van der Waals surface area contributed by atoms with Gasteiger partial charge in [-0.15, -0.1) is 0 Å². The van der Waals surface area contributed by atoms with Crippen LogP contribution in [-0.4, -0.2) is 17.8 Å². The molecule has 0 aromatic heterocycles. The number of aliphatic hydroxyl groups is 1. The Morgan fingerprint density at radius 3 is 2.70 bits per heavy atom. The van der Waals surface area contributed by atoms with Gasteiger partial charge in [-0.05, 0) is 51.0 Å². The number of aliphatic hydroxyl groups excluding tert-OH is 1. The lowest BCUT2D eigenvalue weighted by molar-refractivity contribution is 0.0637. The summed E-state index contributed by atoms with van der Waals surface area (Å²) in [5.74, 6) is 0.965. The third kappa shape index (κ3) is 6.76. The maximum atomic E-state index is 9.85. The van der Waals surface area contributed by atoms with E-state index in [9.17, 15) is 5.11 Å². The van der Waals surface area contributed by atoms with Crippen molar-refractivity contribution in [3.8, 4) is 0 Å². The second-order valence-corrected chi connectivity index (χ2v) is 6.05. The topological polar surface area (TPSA) is 32.3 Å². The van der Waals surface area contributed by atoms with Gasteiger partial charge in [-0.2, -0.15) is 0 Å². The lowest BCUT2D eigenvalue weighted by atomic mass is 9.81. The molecule has 0 radical (unpaired) electrons. The van der Waals surface area contributed by atoms with Gasteiger partial charge in [-0.1, -0.05) is 43.4 Å². The molecule has 1 aliphatic rings. The van der Waals surface area contributed by atoms with Crippen molar-refractivity contribution in [3.05, 3.63) is 48.2 Å². The number of allylic oxidation sites excluding steroid dienone is 5. The van der Waals surface area contributed by atoms with Crippen molar-refractivity contribution in [2.24, 2.45) is 11.8 Å². The number of hydrogen-bond acceptors (Lipinski definition) is 2. The lowest BCUT2D eigenvalue weighted by Gasteiger charge is -2.29. The van der Waals surface area contributed by atoms with Crippen molar-refractivity contribution in [2.45, 2.75) is 46.1 Å². The van der Waals surface area contributed by atoms with Crippen LogP contribution in [0.1, 0.15) is 40.0 Å². The highest BCUT2D eigenvalue weighted by molar-refractivity contribution is 5.18. The normalized spacial score (nSPS) is 26.9. The maximum Gasteiger partial charge on any atom is 0.0571 e. The lowest BCUT2D eigenvalue weighted by Crippen LogP contribution is -2.26. The van der Waals surface area contributed by atoms with Gasteiger partial charge in [0.1, 0.15) is 0 Å². The number of rotatable bonds is 6. The third-order valence-electron chi connectivity index (χ3n) is 3.83. The summed E-state index contributed by atoms with van der Waals surface area (Å²) in [4.78, 5) is 0. The summed E-state index contributed by atoms with van der Waals surface area (Å²) >= 11 is 0. The van der Waals surface area contributed by atoms with Crippen LogP contribution in [0.3, 0.4) is 0 Å². The van der Waals surface area contributed by atoms with E-state index in [2.05, 4.69) is 50.9 Å². The Kier molecular flexibility index (Phi) is 7.38. The van der Waals surface area contributed by atoms with Crippen molar-refractivity contribution in [2.75, 3.05) is 6.54 Å². The molecule has 3 unspecified atom stereocenters. The zero-order valence-electron chi connectivity index (χ0n) is 13.1. The molecule has 1 aliphatic carbocycles. The smallest absolute Gasteiger partial charge is 0.0571 e. The van der Waals surface area contributed by atoms with Gasteiger partial charge in [-0.3, -0.25) is 0 Å². The van der Waals surface area contributed by atoms with Crippen LogP contribution in [0.4, 0.5) is 0 Å². The molecule has 2 N–H and O–H groups in total. The molecule has 0 aromatic rings. The van der Waals surface area contributed by atoms with Crippen LogP contribution in [0.15, 0.2) is 48.2 Å². The Hall–Kier alpha value is -1.28. The van der Waals surface area contributed by atoms with Crippen molar-refractivity contribution >= 4 is 0 Å². The molecule has 0 saturated heterocycles. The van der Waals surface area contributed by atoms with E-state index in [0.717, 1.165) is 25.1 Å². The van der Waals surface area contributed by atoms with Crippen LogP contribution >= 0.6 is 0 Å². The van der Waals surface area contributed by atoms with Gasteiger partial charge in [0.2, 0.25) is 0 Å². The highest BCUT2D eigenvalue weighted by Gasteiger charge is 2.23. The fourth-order valence-electron chi connectivity index (χ4n) is 2.34. The van der Waals surface area contributed by atoms with E-state index in [1.165, 1.54) is 12.0 Å². The summed E-state index contributed by atoms with van der Waals surface area (Å²) in [6.45, 7) is 11.1. The Bertz CT molecular complexity index is 388. The standard InChI is InChI=1S/C18H29NO/c1-14(2)11-12-19-16(4)7-5-6-8-17-10-9-15(3)18(20)13-17/h5-8,11,15,17-20H,4,9-10,12-13H2,1-3H3/b7-5+,8-6+. The third-order valence-corrected chi connectivity index (χ3v) is 3.83.